The van der Waals surface area contributed by atoms with Crippen LogP contribution in [0, 0.1) is 0 Å². The highest BCUT2D eigenvalue weighted by Gasteiger charge is 2.03. The van der Waals surface area contributed by atoms with Gasteiger partial charge >= 0.3 is 0 Å². The third-order valence-electron chi connectivity index (χ3n) is 5.68. The van der Waals surface area contributed by atoms with Gasteiger partial charge in [0.2, 0.25) is 0 Å². The van der Waals surface area contributed by atoms with Gasteiger partial charge < -0.3 is 0 Å². The minimum Gasteiger partial charge on any atom is -0.152 e. The van der Waals surface area contributed by atoms with Gasteiger partial charge in [0.05, 0.1) is 0 Å². The van der Waals surface area contributed by atoms with Crippen molar-refractivity contribution in [2.75, 3.05) is 0 Å². The Labute approximate surface area is 169 Å². The van der Waals surface area contributed by atoms with E-state index >= 15 is 0 Å². The van der Waals surface area contributed by atoms with E-state index in [1.807, 2.05) is 11.3 Å². The molecular formula is C25H46S. The van der Waals surface area contributed by atoms with Crippen LogP contribution in [0.1, 0.15) is 134 Å². The van der Waals surface area contributed by atoms with Crippen LogP contribution < -0.4 is 0 Å². The highest BCUT2D eigenvalue weighted by molar-refractivity contribution is 7.08. The second-order valence-corrected chi connectivity index (χ2v) is 8.97. The minimum atomic E-state index is 1.31. The second-order valence-electron chi connectivity index (χ2n) is 8.23. The first-order chi connectivity index (χ1) is 12.9. The molecule has 0 aromatic carbocycles. The average molecular weight is 379 g/mol. The molecule has 152 valence electrons. The molecule has 0 aliphatic heterocycles. The summed E-state index contributed by atoms with van der Waals surface area (Å²) in [5, 5.41) is 4.80. The molecule has 0 aliphatic carbocycles. The van der Waals surface area contributed by atoms with Crippen molar-refractivity contribution in [2.24, 2.45) is 0 Å². The maximum absolute atomic E-state index is 2.41. The molecule has 1 heteroatoms. The summed E-state index contributed by atoms with van der Waals surface area (Å²) in [5.74, 6) is 0. The van der Waals surface area contributed by atoms with Crippen LogP contribution in [-0.2, 0) is 12.8 Å². The quantitative estimate of drug-likeness (QED) is 0.210. The third-order valence-corrected chi connectivity index (χ3v) is 6.52. The van der Waals surface area contributed by atoms with E-state index in [9.17, 15) is 0 Å². The number of hydrogen-bond donors (Lipinski definition) is 0. The molecule has 0 atom stereocenters. The lowest BCUT2D eigenvalue weighted by atomic mass is 10.0. The van der Waals surface area contributed by atoms with E-state index in [-0.39, 0.29) is 0 Å². The number of rotatable bonds is 19. The number of thiophene rings is 1. The predicted molar refractivity (Wildman–Crippen MR) is 122 cm³/mol. The van der Waals surface area contributed by atoms with Gasteiger partial charge in [-0.2, -0.15) is 11.3 Å². The van der Waals surface area contributed by atoms with E-state index in [2.05, 4.69) is 24.6 Å². The van der Waals surface area contributed by atoms with E-state index in [1.165, 1.54) is 122 Å². The Morgan fingerprint density at radius 1 is 0.462 bits per heavy atom. The molecule has 0 N–H and O–H groups in total. The van der Waals surface area contributed by atoms with Crippen molar-refractivity contribution in [3.63, 3.8) is 0 Å². The van der Waals surface area contributed by atoms with Gasteiger partial charge in [0, 0.05) is 0 Å². The second kappa shape index (κ2) is 18.1. The van der Waals surface area contributed by atoms with Gasteiger partial charge in [-0.25, -0.2) is 0 Å². The van der Waals surface area contributed by atoms with Crippen LogP contribution in [0.25, 0.3) is 0 Å². The zero-order valence-corrected chi connectivity index (χ0v) is 18.8. The fourth-order valence-corrected chi connectivity index (χ4v) is 4.80. The summed E-state index contributed by atoms with van der Waals surface area (Å²) in [6, 6.07) is 0. The van der Waals surface area contributed by atoms with Crippen molar-refractivity contribution in [3.8, 4) is 0 Å². The Bertz CT molecular complexity index is 393. The summed E-state index contributed by atoms with van der Waals surface area (Å²) < 4.78 is 0. The van der Waals surface area contributed by atoms with Crippen LogP contribution >= 0.6 is 11.3 Å². The van der Waals surface area contributed by atoms with Gasteiger partial charge in [0.25, 0.3) is 0 Å². The summed E-state index contributed by atoms with van der Waals surface area (Å²) in [4.78, 5) is 0. The van der Waals surface area contributed by atoms with E-state index in [4.69, 9.17) is 0 Å². The SMILES string of the molecule is CCCCCCCCCCCCCCCCc1cscc1CCCCC. The van der Waals surface area contributed by atoms with E-state index in [1.54, 1.807) is 11.1 Å². The summed E-state index contributed by atoms with van der Waals surface area (Å²) in [6.07, 6.45) is 27.0. The molecule has 0 spiro atoms. The summed E-state index contributed by atoms with van der Waals surface area (Å²) in [6.45, 7) is 4.59. The van der Waals surface area contributed by atoms with Crippen LogP contribution in [0.5, 0.6) is 0 Å². The first kappa shape index (κ1) is 23.7. The van der Waals surface area contributed by atoms with Crippen LogP contribution in [0.2, 0.25) is 0 Å². The van der Waals surface area contributed by atoms with E-state index in [0.717, 1.165) is 0 Å². The number of unbranched alkanes of at least 4 members (excludes halogenated alkanes) is 15. The van der Waals surface area contributed by atoms with E-state index < -0.39 is 0 Å². The molecule has 1 rings (SSSR count). The molecule has 0 radical (unpaired) electrons. The Kier molecular flexibility index (Phi) is 16.5. The molecule has 0 amide bonds. The average Bonchev–Trinajstić information content (AvgIpc) is 3.09. The zero-order valence-electron chi connectivity index (χ0n) is 18.0. The summed E-state index contributed by atoms with van der Waals surface area (Å²) in [7, 11) is 0. The lowest BCUT2D eigenvalue weighted by Crippen LogP contribution is -1.91. The van der Waals surface area contributed by atoms with Gasteiger partial charge in [-0.15, -0.1) is 0 Å². The van der Waals surface area contributed by atoms with Gasteiger partial charge in [-0.3, -0.25) is 0 Å². The van der Waals surface area contributed by atoms with Crippen LogP contribution in [0.4, 0.5) is 0 Å². The molecule has 0 saturated heterocycles. The topological polar surface area (TPSA) is 0 Å². The lowest BCUT2D eigenvalue weighted by Gasteiger charge is -2.05. The van der Waals surface area contributed by atoms with Crippen LogP contribution in [0.15, 0.2) is 10.8 Å². The monoisotopic (exact) mass is 378 g/mol. The van der Waals surface area contributed by atoms with Gasteiger partial charge in [0.15, 0.2) is 0 Å². The Morgan fingerprint density at radius 3 is 1.19 bits per heavy atom. The molecule has 1 aromatic heterocycles. The maximum atomic E-state index is 2.41. The molecule has 0 nitrogen and oxygen atoms in total. The van der Waals surface area contributed by atoms with Gasteiger partial charge in [0.1, 0.15) is 0 Å². The predicted octanol–water partition coefficient (Wildman–Crippen LogP) is 9.50. The maximum Gasteiger partial charge on any atom is -0.00584 e. The molecule has 1 heterocycles. The molecule has 0 aliphatic rings. The Hall–Kier alpha value is -0.300. The van der Waals surface area contributed by atoms with Crippen LogP contribution in [0.3, 0.4) is 0 Å². The highest BCUT2D eigenvalue weighted by atomic mass is 32.1. The van der Waals surface area contributed by atoms with Gasteiger partial charge in [-0.1, -0.05) is 110 Å². The fourth-order valence-electron chi connectivity index (χ4n) is 3.86. The van der Waals surface area contributed by atoms with Crippen molar-refractivity contribution < 1.29 is 0 Å². The highest BCUT2D eigenvalue weighted by Crippen LogP contribution is 2.21. The lowest BCUT2D eigenvalue weighted by molar-refractivity contribution is 0.535. The van der Waals surface area contributed by atoms with Crippen molar-refractivity contribution >= 4 is 11.3 Å². The van der Waals surface area contributed by atoms with Crippen molar-refractivity contribution in [2.45, 2.75) is 136 Å². The number of aryl methyl sites for hydroxylation is 2. The smallest absolute Gasteiger partial charge is 0.00584 e. The van der Waals surface area contributed by atoms with Crippen molar-refractivity contribution in [1.82, 2.24) is 0 Å². The number of hydrogen-bond acceptors (Lipinski definition) is 1. The first-order valence-electron chi connectivity index (χ1n) is 11.9. The van der Waals surface area contributed by atoms with Crippen molar-refractivity contribution in [1.29, 1.82) is 0 Å². The minimum absolute atomic E-state index is 1.31. The molecular weight excluding hydrogens is 332 g/mol. The fraction of sp³-hybridized carbons (Fsp3) is 0.840. The van der Waals surface area contributed by atoms with E-state index in [0.29, 0.717) is 0 Å². The standard InChI is InChI=1S/C25H46S/c1-3-5-7-8-9-10-11-12-13-14-15-16-17-19-21-25-23-26-22-24(25)20-18-6-4-2/h22-23H,3-21H2,1-2H3. The molecule has 0 fully saturated rings. The Morgan fingerprint density at radius 2 is 0.769 bits per heavy atom. The molecule has 0 saturated carbocycles. The van der Waals surface area contributed by atoms with Crippen LogP contribution in [-0.4, -0.2) is 0 Å². The molecule has 0 bridgehead atoms. The summed E-state index contributed by atoms with van der Waals surface area (Å²) >= 11 is 1.91. The summed E-state index contributed by atoms with van der Waals surface area (Å²) in [5.41, 5.74) is 3.31. The molecule has 0 unspecified atom stereocenters. The third kappa shape index (κ3) is 13.0. The first-order valence-corrected chi connectivity index (χ1v) is 12.9. The normalized spacial score (nSPS) is 11.3. The van der Waals surface area contributed by atoms with Gasteiger partial charge in [-0.05, 0) is 47.6 Å². The molecule has 1 aromatic rings. The zero-order chi connectivity index (χ0) is 18.7. The molecule has 26 heavy (non-hydrogen) atoms. The Balaban J connectivity index is 1.86. The van der Waals surface area contributed by atoms with Crippen molar-refractivity contribution in [3.05, 3.63) is 21.9 Å². The largest absolute Gasteiger partial charge is 0.152 e.